The van der Waals surface area contributed by atoms with E-state index in [0.29, 0.717) is 13.0 Å². The first-order chi connectivity index (χ1) is 10.0. The number of nitrogens with one attached hydrogen (secondary N) is 1. The molecule has 1 aromatic rings. The van der Waals surface area contributed by atoms with Gasteiger partial charge in [-0.25, -0.2) is 13.4 Å². The van der Waals surface area contributed by atoms with Crippen LogP contribution in [0.5, 0.6) is 0 Å². The quantitative estimate of drug-likeness (QED) is 0.737. The van der Waals surface area contributed by atoms with Gasteiger partial charge >= 0.3 is 0 Å². The van der Waals surface area contributed by atoms with Crippen molar-refractivity contribution in [1.82, 2.24) is 10.3 Å². The van der Waals surface area contributed by atoms with Gasteiger partial charge in [0.05, 0.1) is 18.1 Å². The van der Waals surface area contributed by atoms with Crippen LogP contribution in [0.1, 0.15) is 12.0 Å². The Kier molecular flexibility index (Phi) is 5.55. The Hall–Kier alpha value is -1.18. The highest BCUT2D eigenvalue weighted by atomic mass is 32.2. The van der Waals surface area contributed by atoms with Crippen molar-refractivity contribution in [1.29, 1.82) is 0 Å². The van der Waals surface area contributed by atoms with Crippen LogP contribution >= 0.6 is 0 Å². The van der Waals surface area contributed by atoms with Gasteiger partial charge in [-0.1, -0.05) is 6.07 Å². The minimum Gasteiger partial charge on any atom is -0.383 e. The molecule has 0 aromatic carbocycles. The average Bonchev–Trinajstić information content (AvgIpc) is 2.84. The van der Waals surface area contributed by atoms with Crippen molar-refractivity contribution in [3.8, 4) is 0 Å². The molecule has 7 heteroatoms. The molecule has 2 rings (SSSR count). The summed E-state index contributed by atoms with van der Waals surface area (Å²) in [7, 11) is 0.719. The summed E-state index contributed by atoms with van der Waals surface area (Å²) in [6.45, 7) is 2.24. The molecule has 2 heterocycles. The van der Waals surface area contributed by atoms with Gasteiger partial charge in [-0.05, 0) is 18.1 Å². The molecule has 0 amide bonds. The summed E-state index contributed by atoms with van der Waals surface area (Å²) < 4.78 is 28.0. The van der Waals surface area contributed by atoms with Crippen molar-refractivity contribution in [2.24, 2.45) is 0 Å². The van der Waals surface area contributed by atoms with Gasteiger partial charge in [0, 0.05) is 39.5 Å². The Morgan fingerprint density at radius 2 is 2.29 bits per heavy atom. The molecule has 1 fully saturated rings. The molecule has 0 spiro atoms. The van der Waals surface area contributed by atoms with Crippen LogP contribution in [0.15, 0.2) is 18.3 Å². The number of hydrogen-bond donors (Lipinski definition) is 1. The monoisotopic (exact) mass is 313 g/mol. The second-order valence-corrected chi connectivity index (χ2v) is 7.59. The highest BCUT2D eigenvalue weighted by Crippen LogP contribution is 2.21. The minimum absolute atomic E-state index is 0.0353. The third-order valence-corrected chi connectivity index (χ3v) is 5.49. The van der Waals surface area contributed by atoms with Crippen molar-refractivity contribution >= 4 is 15.7 Å². The maximum atomic E-state index is 11.5. The van der Waals surface area contributed by atoms with Crippen LogP contribution in [0, 0.1) is 0 Å². The van der Waals surface area contributed by atoms with E-state index in [0.717, 1.165) is 24.5 Å². The summed E-state index contributed by atoms with van der Waals surface area (Å²) in [5.74, 6) is 1.33. The Balaban J connectivity index is 1.89. The smallest absolute Gasteiger partial charge is 0.152 e. The molecule has 1 saturated heterocycles. The number of ether oxygens (including phenoxy) is 1. The second kappa shape index (κ2) is 7.20. The summed E-state index contributed by atoms with van der Waals surface area (Å²) in [5.41, 5.74) is 1.10. The second-order valence-electron chi connectivity index (χ2n) is 5.36. The molecule has 0 aliphatic carbocycles. The van der Waals surface area contributed by atoms with Crippen LogP contribution in [-0.4, -0.2) is 58.3 Å². The van der Waals surface area contributed by atoms with E-state index in [1.165, 1.54) is 0 Å². The summed E-state index contributed by atoms with van der Waals surface area (Å²) in [4.78, 5) is 6.39. The zero-order valence-electron chi connectivity index (χ0n) is 12.6. The lowest BCUT2D eigenvalue weighted by Crippen LogP contribution is -2.33. The molecule has 21 heavy (non-hydrogen) atoms. The van der Waals surface area contributed by atoms with E-state index in [-0.39, 0.29) is 17.5 Å². The van der Waals surface area contributed by atoms with Crippen LogP contribution < -0.4 is 10.2 Å². The predicted octanol–water partition coefficient (Wildman–Crippen LogP) is 0.441. The molecule has 1 aliphatic rings. The highest BCUT2D eigenvalue weighted by Gasteiger charge is 2.31. The number of rotatable bonds is 7. The maximum absolute atomic E-state index is 11.5. The third kappa shape index (κ3) is 4.66. The number of aromatic nitrogens is 1. The van der Waals surface area contributed by atoms with Crippen molar-refractivity contribution in [3.05, 3.63) is 23.9 Å². The van der Waals surface area contributed by atoms with Gasteiger partial charge in [0.1, 0.15) is 5.82 Å². The first-order valence-electron chi connectivity index (χ1n) is 7.09. The fourth-order valence-electron chi connectivity index (χ4n) is 2.40. The summed E-state index contributed by atoms with van der Waals surface area (Å²) in [6, 6.07) is 3.99. The van der Waals surface area contributed by atoms with Crippen LogP contribution in [0.3, 0.4) is 0 Å². The zero-order chi connectivity index (χ0) is 15.3. The van der Waals surface area contributed by atoms with Crippen LogP contribution in [0.25, 0.3) is 0 Å². The molecular formula is C14H23N3O3S. The van der Waals surface area contributed by atoms with Crippen LogP contribution in [0.2, 0.25) is 0 Å². The van der Waals surface area contributed by atoms with Gasteiger partial charge in [-0.15, -0.1) is 0 Å². The lowest BCUT2D eigenvalue weighted by molar-refractivity contribution is 0.199. The lowest BCUT2D eigenvalue weighted by atomic mass is 10.2. The van der Waals surface area contributed by atoms with E-state index in [2.05, 4.69) is 10.3 Å². The average molecular weight is 313 g/mol. The molecule has 1 atom stereocenters. The fourth-order valence-corrected chi connectivity index (χ4v) is 4.18. The van der Waals surface area contributed by atoms with Gasteiger partial charge in [0.15, 0.2) is 9.84 Å². The molecule has 0 bridgehead atoms. The molecule has 1 N–H and O–H groups in total. The zero-order valence-corrected chi connectivity index (χ0v) is 13.4. The highest BCUT2D eigenvalue weighted by molar-refractivity contribution is 7.91. The Morgan fingerprint density at radius 3 is 2.86 bits per heavy atom. The Bertz CT molecular complexity index is 545. The molecule has 118 valence electrons. The Morgan fingerprint density at radius 1 is 1.48 bits per heavy atom. The van der Waals surface area contributed by atoms with E-state index < -0.39 is 9.84 Å². The number of anilines is 1. The van der Waals surface area contributed by atoms with E-state index in [9.17, 15) is 8.42 Å². The summed E-state index contributed by atoms with van der Waals surface area (Å²) in [5, 5.41) is 3.26. The molecular weight excluding hydrogens is 290 g/mol. The molecule has 0 saturated carbocycles. The molecule has 6 nitrogen and oxygen atoms in total. The van der Waals surface area contributed by atoms with Crippen LogP contribution in [0.4, 0.5) is 5.82 Å². The summed E-state index contributed by atoms with van der Waals surface area (Å²) >= 11 is 0. The van der Waals surface area contributed by atoms with E-state index in [1.807, 2.05) is 30.3 Å². The Labute approximate surface area is 126 Å². The summed E-state index contributed by atoms with van der Waals surface area (Å²) in [6.07, 6.45) is 2.51. The van der Waals surface area contributed by atoms with Crippen molar-refractivity contribution in [3.63, 3.8) is 0 Å². The van der Waals surface area contributed by atoms with E-state index in [1.54, 1.807) is 7.11 Å². The number of pyridine rings is 1. The normalized spacial score (nSPS) is 20.6. The first-order valence-corrected chi connectivity index (χ1v) is 8.92. The van der Waals surface area contributed by atoms with Crippen molar-refractivity contribution in [2.75, 3.05) is 43.7 Å². The van der Waals surface area contributed by atoms with Gasteiger partial charge in [-0.3, -0.25) is 0 Å². The number of nitrogens with zero attached hydrogens (tertiary/aromatic N) is 2. The largest absolute Gasteiger partial charge is 0.383 e. The minimum atomic E-state index is -2.87. The topological polar surface area (TPSA) is 71.5 Å². The van der Waals surface area contributed by atoms with Gasteiger partial charge in [0.2, 0.25) is 0 Å². The van der Waals surface area contributed by atoms with Crippen molar-refractivity contribution in [2.45, 2.75) is 19.0 Å². The first kappa shape index (κ1) is 16.2. The van der Waals surface area contributed by atoms with E-state index in [4.69, 9.17) is 4.74 Å². The SMILES string of the molecule is COCCNCc1ccc(N(C)C2CCS(=O)(=O)C2)nc1. The molecule has 1 aromatic heterocycles. The molecule has 1 unspecified atom stereocenters. The maximum Gasteiger partial charge on any atom is 0.152 e. The van der Waals surface area contributed by atoms with Gasteiger partial charge in [-0.2, -0.15) is 0 Å². The number of hydrogen-bond acceptors (Lipinski definition) is 6. The van der Waals surface area contributed by atoms with Gasteiger partial charge in [0.25, 0.3) is 0 Å². The van der Waals surface area contributed by atoms with E-state index >= 15 is 0 Å². The third-order valence-electron chi connectivity index (χ3n) is 3.74. The predicted molar refractivity (Wildman–Crippen MR) is 83.3 cm³/mol. The lowest BCUT2D eigenvalue weighted by Gasteiger charge is -2.24. The number of methoxy groups -OCH3 is 1. The standard InChI is InChI=1S/C14H23N3O3S/c1-17(13-5-8-21(18,19)11-13)14-4-3-12(10-16-14)9-15-6-7-20-2/h3-4,10,13,15H,5-9,11H2,1-2H3. The van der Waals surface area contributed by atoms with Crippen LogP contribution in [-0.2, 0) is 21.1 Å². The molecule has 0 radical (unpaired) electrons. The fraction of sp³-hybridized carbons (Fsp3) is 0.643. The number of sulfone groups is 1. The molecule has 1 aliphatic heterocycles. The van der Waals surface area contributed by atoms with Gasteiger partial charge < -0.3 is 15.0 Å². The van der Waals surface area contributed by atoms with Crippen molar-refractivity contribution < 1.29 is 13.2 Å².